The monoisotopic (exact) mass is 268 g/mol. The van der Waals surface area contributed by atoms with E-state index in [2.05, 4.69) is 0 Å². The third-order valence-corrected chi connectivity index (χ3v) is 4.28. The molecule has 3 nitrogen and oxygen atoms in total. The lowest BCUT2D eigenvalue weighted by Gasteiger charge is -2.15. The van der Waals surface area contributed by atoms with Crippen molar-refractivity contribution in [2.45, 2.75) is 26.7 Å². The number of aryl methyl sites for hydroxylation is 1. The van der Waals surface area contributed by atoms with Gasteiger partial charge in [-0.25, -0.2) is 0 Å². The number of hydrogen-bond donors (Lipinski definition) is 1. The van der Waals surface area contributed by atoms with Crippen LogP contribution in [0.5, 0.6) is 5.75 Å². The first-order valence-corrected chi connectivity index (χ1v) is 6.38. The highest BCUT2D eigenvalue weighted by Crippen LogP contribution is 2.44. The average molecular weight is 269 g/mol. The molecule has 18 heavy (non-hydrogen) atoms. The molecule has 1 aromatic carbocycles. The largest absolute Gasteiger partial charge is 0.496 e. The van der Waals surface area contributed by atoms with E-state index in [1.165, 1.54) is 0 Å². The molecule has 1 fully saturated rings. The molecule has 0 heterocycles. The van der Waals surface area contributed by atoms with Crippen molar-refractivity contribution in [2.75, 3.05) is 7.11 Å². The molecule has 2 rings (SSSR count). The Labute approximate surface area is 112 Å². The second-order valence-electron chi connectivity index (χ2n) is 4.96. The first-order valence-electron chi connectivity index (χ1n) is 6.01. The van der Waals surface area contributed by atoms with Crippen molar-refractivity contribution in [1.82, 2.24) is 0 Å². The van der Waals surface area contributed by atoms with E-state index in [1.54, 1.807) is 7.11 Å². The van der Waals surface area contributed by atoms with Gasteiger partial charge in [0.1, 0.15) is 5.75 Å². The van der Waals surface area contributed by atoms with Crippen LogP contribution in [0.1, 0.15) is 23.1 Å². The molecule has 4 heteroatoms. The topological polar surface area (TPSA) is 46.5 Å². The van der Waals surface area contributed by atoms with E-state index in [-0.39, 0.29) is 11.8 Å². The van der Waals surface area contributed by atoms with E-state index >= 15 is 0 Å². The van der Waals surface area contributed by atoms with Gasteiger partial charge in [-0.2, -0.15) is 0 Å². The van der Waals surface area contributed by atoms with Gasteiger partial charge in [-0.05, 0) is 55.4 Å². The van der Waals surface area contributed by atoms with Crippen LogP contribution < -0.4 is 4.74 Å². The average Bonchev–Trinajstić information content (AvgIpc) is 3.09. The number of methoxy groups -OCH3 is 1. The Hall–Kier alpha value is -1.22. The maximum Gasteiger partial charge on any atom is 0.306 e. The fraction of sp³-hybridized carbons (Fsp3) is 0.500. The molecule has 98 valence electrons. The maximum atomic E-state index is 10.9. The Morgan fingerprint density at radius 1 is 1.56 bits per heavy atom. The first kappa shape index (κ1) is 13.2. The zero-order chi connectivity index (χ0) is 13.4. The highest BCUT2D eigenvalue weighted by molar-refractivity contribution is 6.32. The van der Waals surface area contributed by atoms with Gasteiger partial charge in [0.15, 0.2) is 0 Å². The van der Waals surface area contributed by atoms with Gasteiger partial charge < -0.3 is 9.84 Å². The number of carboxylic acids is 1. The summed E-state index contributed by atoms with van der Waals surface area (Å²) in [6.07, 6.45) is 1.48. The lowest BCUT2D eigenvalue weighted by molar-refractivity contribution is -0.138. The number of halogens is 1. The molecule has 0 bridgehead atoms. The Morgan fingerprint density at radius 2 is 2.22 bits per heavy atom. The summed E-state index contributed by atoms with van der Waals surface area (Å²) >= 11 is 6.24. The highest BCUT2D eigenvalue weighted by Gasteiger charge is 2.43. The van der Waals surface area contributed by atoms with Crippen LogP contribution in [0.25, 0.3) is 0 Å². The van der Waals surface area contributed by atoms with Crippen LogP contribution in [-0.4, -0.2) is 18.2 Å². The number of rotatable bonds is 4. The summed E-state index contributed by atoms with van der Waals surface area (Å²) in [7, 11) is 1.63. The molecule has 0 saturated heterocycles. The number of carboxylic acid groups (broad SMARTS) is 1. The second kappa shape index (κ2) is 4.81. The molecule has 1 N–H and O–H groups in total. The number of hydrogen-bond acceptors (Lipinski definition) is 2. The molecule has 0 amide bonds. The molecule has 1 aliphatic carbocycles. The van der Waals surface area contributed by atoms with Crippen LogP contribution in [0.3, 0.4) is 0 Å². The summed E-state index contributed by atoms with van der Waals surface area (Å²) in [5, 5.41) is 9.69. The highest BCUT2D eigenvalue weighted by atomic mass is 35.5. The second-order valence-corrected chi connectivity index (χ2v) is 5.34. The summed E-state index contributed by atoms with van der Waals surface area (Å²) in [6, 6.07) is 1.92. The van der Waals surface area contributed by atoms with Gasteiger partial charge in [0.2, 0.25) is 0 Å². The van der Waals surface area contributed by atoms with Gasteiger partial charge in [0, 0.05) is 5.02 Å². The molecular formula is C14H17ClO3. The SMILES string of the molecule is COc1cc(C)c(Cl)c(C)c1CC1CC1C(=O)O. The van der Waals surface area contributed by atoms with E-state index in [9.17, 15) is 4.79 Å². The molecular weight excluding hydrogens is 252 g/mol. The molecule has 1 aliphatic rings. The summed E-state index contributed by atoms with van der Waals surface area (Å²) in [5.41, 5.74) is 3.03. The third kappa shape index (κ3) is 2.32. The Bertz CT molecular complexity index is 496. The van der Waals surface area contributed by atoms with Crippen LogP contribution in [-0.2, 0) is 11.2 Å². The van der Waals surface area contributed by atoms with E-state index in [0.717, 1.165) is 40.3 Å². The van der Waals surface area contributed by atoms with E-state index in [0.29, 0.717) is 0 Å². The smallest absolute Gasteiger partial charge is 0.306 e. The summed E-state index contributed by atoms with van der Waals surface area (Å²) in [6.45, 7) is 3.91. The van der Waals surface area contributed by atoms with Gasteiger partial charge in [-0.1, -0.05) is 11.6 Å². The summed E-state index contributed by atoms with van der Waals surface area (Å²) in [5.74, 6) is 0.128. The van der Waals surface area contributed by atoms with Crippen LogP contribution in [0.15, 0.2) is 6.07 Å². The van der Waals surface area contributed by atoms with Gasteiger partial charge in [-0.15, -0.1) is 0 Å². The molecule has 0 aliphatic heterocycles. The number of carbonyl (C=O) groups is 1. The molecule has 2 atom stereocenters. The normalized spacial score (nSPS) is 21.8. The predicted molar refractivity (Wildman–Crippen MR) is 70.4 cm³/mol. The van der Waals surface area contributed by atoms with Gasteiger partial charge >= 0.3 is 5.97 Å². The molecule has 0 spiro atoms. The quantitative estimate of drug-likeness (QED) is 0.912. The van der Waals surface area contributed by atoms with Crippen molar-refractivity contribution in [3.8, 4) is 5.75 Å². The Morgan fingerprint density at radius 3 is 2.72 bits per heavy atom. The molecule has 2 unspecified atom stereocenters. The Balaban J connectivity index is 2.27. The van der Waals surface area contributed by atoms with Crippen molar-refractivity contribution < 1.29 is 14.6 Å². The lowest BCUT2D eigenvalue weighted by atomic mass is 9.98. The summed E-state index contributed by atoms with van der Waals surface area (Å²) < 4.78 is 5.38. The van der Waals surface area contributed by atoms with E-state index < -0.39 is 5.97 Å². The van der Waals surface area contributed by atoms with Gasteiger partial charge in [0.25, 0.3) is 0 Å². The van der Waals surface area contributed by atoms with Crippen molar-refractivity contribution in [2.24, 2.45) is 11.8 Å². The first-order chi connectivity index (χ1) is 8.45. The van der Waals surface area contributed by atoms with Crippen LogP contribution in [0.4, 0.5) is 0 Å². The molecule has 1 saturated carbocycles. The number of ether oxygens (including phenoxy) is 1. The summed E-state index contributed by atoms with van der Waals surface area (Å²) in [4.78, 5) is 10.9. The fourth-order valence-electron chi connectivity index (χ4n) is 2.43. The Kier molecular flexibility index (Phi) is 3.53. The van der Waals surface area contributed by atoms with Gasteiger partial charge in [-0.3, -0.25) is 4.79 Å². The van der Waals surface area contributed by atoms with Crippen LogP contribution in [0.2, 0.25) is 5.02 Å². The van der Waals surface area contributed by atoms with Crippen molar-refractivity contribution >= 4 is 17.6 Å². The number of benzene rings is 1. The maximum absolute atomic E-state index is 10.9. The molecule has 0 radical (unpaired) electrons. The lowest BCUT2D eigenvalue weighted by Crippen LogP contribution is -2.04. The zero-order valence-corrected chi connectivity index (χ0v) is 11.5. The van der Waals surface area contributed by atoms with E-state index in [4.69, 9.17) is 21.4 Å². The van der Waals surface area contributed by atoms with Crippen LogP contribution in [0, 0.1) is 25.7 Å². The number of aliphatic carboxylic acids is 1. The predicted octanol–water partition coefficient (Wildman–Crippen LogP) is 3.23. The van der Waals surface area contributed by atoms with Gasteiger partial charge in [0.05, 0.1) is 13.0 Å². The van der Waals surface area contributed by atoms with E-state index in [1.807, 2.05) is 19.9 Å². The fourth-order valence-corrected chi connectivity index (χ4v) is 2.60. The third-order valence-electron chi connectivity index (χ3n) is 3.70. The minimum absolute atomic E-state index is 0.200. The molecule has 0 aromatic heterocycles. The van der Waals surface area contributed by atoms with Crippen LogP contribution >= 0.6 is 11.6 Å². The standard InChI is InChI=1S/C14H17ClO3/c1-7-4-12(18-3)10(8(2)13(7)15)5-9-6-11(9)14(16)17/h4,9,11H,5-6H2,1-3H3,(H,16,17). The minimum atomic E-state index is -0.699. The van der Waals surface area contributed by atoms with Crippen molar-refractivity contribution in [1.29, 1.82) is 0 Å². The minimum Gasteiger partial charge on any atom is -0.496 e. The molecule has 1 aromatic rings. The zero-order valence-electron chi connectivity index (χ0n) is 10.8. The van der Waals surface area contributed by atoms with Crippen molar-refractivity contribution in [3.63, 3.8) is 0 Å². The van der Waals surface area contributed by atoms with Crippen molar-refractivity contribution in [3.05, 3.63) is 27.8 Å².